The summed E-state index contributed by atoms with van der Waals surface area (Å²) in [6.07, 6.45) is 0. The predicted molar refractivity (Wildman–Crippen MR) is 72.5 cm³/mol. The summed E-state index contributed by atoms with van der Waals surface area (Å²) in [5.74, 6) is -1.14. The summed E-state index contributed by atoms with van der Waals surface area (Å²) >= 11 is 1.27. The normalized spacial score (nSPS) is 10.5. The number of ether oxygens (including phenoxy) is 1. The van der Waals surface area contributed by atoms with Crippen molar-refractivity contribution in [2.75, 3.05) is 12.3 Å². The number of halogens is 2. The third-order valence-electron chi connectivity index (χ3n) is 2.44. The molecule has 5 heteroatoms. The Morgan fingerprint density at radius 3 is 2.63 bits per heavy atom. The van der Waals surface area contributed by atoms with E-state index < -0.39 is 11.6 Å². The van der Waals surface area contributed by atoms with Crippen LogP contribution in [0.1, 0.15) is 6.92 Å². The molecule has 2 aromatic carbocycles. The summed E-state index contributed by atoms with van der Waals surface area (Å²) in [7, 11) is 0. The molecule has 19 heavy (non-hydrogen) atoms. The molecule has 0 unspecified atom stereocenters. The van der Waals surface area contributed by atoms with Crippen LogP contribution in [0.25, 0.3) is 0 Å². The van der Waals surface area contributed by atoms with Crippen molar-refractivity contribution < 1.29 is 13.5 Å². The summed E-state index contributed by atoms with van der Waals surface area (Å²) in [6, 6.07) is 9.14. The molecule has 0 bridgehead atoms. The molecule has 2 N–H and O–H groups in total. The Morgan fingerprint density at radius 1 is 1.16 bits per heavy atom. The number of hydrogen-bond acceptors (Lipinski definition) is 3. The van der Waals surface area contributed by atoms with Crippen LogP contribution in [0.4, 0.5) is 14.5 Å². The Hall–Kier alpha value is -1.75. The lowest BCUT2D eigenvalue weighted by molar-refractivity contribution is 0.341. The number of rotatable bonds is 4. The van der Waals surface area contributed by atoms with E-state index in [2.05, 4.69) is 0 Å². The minimum Gasteiger partial charge on any atom is -0.492 e. The highest BCUT2D eigenvalue weighted by molar-refractivity contribution is 7.99. The second-order valence-electron chi connectivity index (χ2n) is 3.78. The first-order chi connectivity index (χ1) is 9.11. The topological polar surface area (TPSA) is 35.2 Å². The van der Waals surface area contributed by atoms with Gasteiger partial charge in [-0.15, -0.1) is 0 Å². The van der Waals surface area contributed by atoms with Gasteiger partial charge in [0.15, 0.2) is 11.6 Å². The van der Waals surface area contributed by atoms with Crippen molar-refractivity contribution in [2.24, 2.45) is 0 Å². The van der Waals surface area contributed by atoms with Crippen LogP contribution < -0.4 is 10.5 Å². The molecule has 0 spiro atoms. The molecule has 0 aliphatic rings. The zero-order valence-electron chi connectivity index (χ0n) is 10.3. The van der Waals surface area contributed by atoms with Crippen molar-refractivity contribution in [3.8, 4) is 5.75 Å². The van der Waals surface area contributed by atoms with Crippen LogP contribution in [0.2, 0.25) is 0 Å². The highest BCUT2D eigenvalue weighted by Crippen LogP contribution is 2.37. The summed E-state index contributed by atoms with van der Waals surface area (Å²) < 4.78 is 31.4. The van der Waals surface area contributed by atoms with Gasteiger partial charge in [-0.1, -0.05) is 17.8 Å². The fourth-order valence-corrected chi connectivity index (χ4v) is 2.47. The van der Waals surface area contributed by atoms with Crippen molar-refractivity contribution in [3.05, 3.63) is 48.0 Å². The SMILES string of the molecule is CCOc1cccc(Sc2ccc(F)c(F)c2)c1N. The quantitative estimate of drug-likeness (QED) is 0.857. The summed E-state index contributed by atoms with van der Waals surface area (Å²) in [4.78, 5) is 1.33. The van der Waals surface area contributed by atoms with Crippen molar-refractivity contribution in [3.63, 3.8) is 0 Å². The lowest BCUT2D eigenvalue weighted by atomic mass is 10.3. The van der Waals surface area contributed by atoms with Gasteiger partial charge in [0.25, 0.3) is 0 Å². The van der Waals surface area contributed by atoms with E-state index in [1.54, 1.807) is 6.07 Å². The third kappa shape index (κ3) is 3.17. The van der Waals surface area contributed by atoms with E-state index in [1.807, 2.05) is 19.1 Å². The largest absolute Gasteiger partial charge is 0.492 e. The smallest absolute Gasteiger partial charge is 0.159 e. The molecular formula is C14H13F2NOS. The van der Waals surface area contributed by atoms with Crippen LogP contribution in [0.5, 0.6) is 5.75 Å². The summed E-state index contributed by atoms with van der Waals surface area (Å²) in [5.41, 5.74) is 6.47. The van der Waals surface area contributed by atoms with Gasteiger partial charge in [-0.25, -0.2) is 8.78 Å². The van der Waals surface area contributed by atoms with Crippen LogP contribution in [0, 0.1) is 11.6 Å². The maximum atomic E-state index is 13.1. The van der Waals surface area contributed by atoms with Crippen molar-refractivity contribution in [1.29, 1.82) is 0 Å². The second kappa shape index (κ2) is 5.93. The monoisotopic (exact) mass is 281 g/mol. The molecule has 2 aromatic rings. The number of para-hydroxylation sites is 1. The average molecular weight is 281 g/mol. The van der Waals surface area contributed by atoms with Gasteiger partial charge in [0.1, 0.15) is 5.75 Å². The molecule has 2 nitrogen and oxygen atoms in total. The first-order valence-corrected chi connectivity index (χ1v) is 6.57. The minimum atomic E-state index is -0.871. The van der Waals surface area contributed by atoms with E-state index in [9.17, 15) is 8.78 Å². The van der Waals surface area contributed by atoms with E-state index in [4.69, 9.17) is 10.5 Å². The van der Waals surface area contributed by atoms with E-state index in [-0.39, 0.29) is 0 Å². The van der Waals surface area contributed by atoms with Crippen molar-refractivity contribution >= 4 is 17.4 Å². The fourth-order valence-electron chi connectivity index (χ4n) is 1.56. The predicted octanol–water partition coefficient (Wildman–Crippen LogP) is 4.10. The van der Waals surface area contributed by atoms with Crippen LogP contribution >= 0.6 is 11.8 Å². The van der Waals surface area contributed by atoms with E-state index in [0.717, 1.165) is 17.0 Å². The maximum absolute atomic E-state index is 13.1. The van der Waals surface area contributed by atoms with Crippen LogP contribution in [-0.4, -0.2) is 6.61 Å². The minimum absolute atomic E-state index is 0.499. The van der Waals surface area contributed by atoms with Gasteiger partial charge >= 0.3 is 0 Å². The van der Waals surface area contributed by atoms with Gasteiger partial charge in [-0.3, -0.25) is 0 Å². The van der Waals surface area contributed by atoms with Crippen molar-refractivity contribution in [2.45, 2.75) is 16.7 Å². The van der Waals surface area contributed by atoms with E-state index >= 15 is 0 Å². The van der Waals surface area contributed by atoms with E-state index in [0.29, 0.717) is 22.9 Å². The lowest BCUT2D eigenvalue weighted by Crippen LogP contribution is -1.98. The molecule has 0 saturated carbocycles. The zero-order valence-corrected chi connectivity index (χ0v) is 11.1. The summed E-state index contributed by atoms with van der Waals surface area (Å²) in [6.45, 7) is 2.39. The number of benzene rings is 2. The summed E-state index contributed by atoms with van der Waals surface area (Å²) in [5, 5.41) is 0. The van der Waals surface area contributed by atoms with Gasteiger partial charge in [0.05, 0.1) is 12.3 Å². The van der Waals surface area contributed by atoms with Crippen LogP contribution in [0.15, 0.2) is 46.2 Å². The van der Waals surface area contributed by atoms with Crippen LogP contribution in [0.3, 0.4) is 0 Å². The van der Waals surface area contributed by atoms with E-state index in [1.165, 1.54) is 17.8 Å². The number of hydrogen-bond donors (Lipinski definition) is 1. The molecule has 2 rings (SSSR count). The number of nitrogens with two attached hydrogens (primary N) is 1. The molecule has 0 saturated heterocycles. The third-order valence-corrected chi connectivity index (χ3v) is 3.51. The van der Waals surface area contributed by atoms with Crippen molar-refractivity contribution in [1.82, 2.24) is 0 Å². The Kier molecular flexibility index (Phi) is 4.27. The maximum Gasteiger partial charge on any atom is 0.159 e. The lowest BCUT2D eigenvalue weighted by Gasteiger charge is -2.11. The average Bonchev–Trinajstić information content (AvgIpc) is 2.39. The first kappa shape index (κ1) is 13.7. The highest BCUT2D eigenvalue weighted by atomic mass is 32.2. The van der Waals surface area contributed by atoms with Crippen LogP contribution in [-0.2, 0) is 0 Å². The Bertz CT molecular complexity index is 590. The Morgan fingerprint density at radius 2 is 1.95 bits per heavy atom. The molecule has 0 aliphatic carbocycles. The van der Waals surface area contributed by atoms with Gasteiger partial charge in [-0.05, 0) is 37.3 Å². The van der Waals surface area contributed by atoms with Gasteiger partial charge in [0.2, 0.25) is 0 Å². The Balaban J connectivity index is 2.27. The number of anilines is 1. The zero-order chi connectivity index (χ0) is 13.8. The molecule has 0 aromatic heterocycles. The molecule has 0 heterocycles. The highest BCUT2D eigenvalue weighted by Gasteiger charge is 2.09. The molecule has 100 valence electrons. The number of nitrogen functional groups attached to an aromatic ring is 1. The first-order valence-electron chi connectivity index (χ1n) is 5.76. The molecule has 0 atom stereocenters. The van der Waals surface area contributed by atoms with Gasteiger partial charge in [0, 0.05) is 9.79 Å². The van der Waals surface area contributed by atoms with Gasteiger partial charge in [-0.2, -0.15) is 0 Å². The molecule has 0 aliphatic heterocycles. The second-order valence-corrected chi connectivity index (χ2v) is 4.89. The molecule has 0 amide bonds. The Labute approximate surface area is 114 Å². The van der Waals surface area contributed by atoms with Gasteiger partial charge < -0.3 is 10.5 Å². The fraction of sp³-hybridized carbons (Fsp3) is 0.143. The standard InChI is InChI=1S/C14H13F2NOS/c1-2-18-12-4-3-5-13(14(12)17)19-9-6-7-10(15)11(16)8-9/h3-8H,2,17H2,1H3. The molecule has 0 radical (unpaired) electrons. The molecule has 0 fully saturated rings. The molecular weight excluding hydrogens is 268 g/mol.